The molecule has 16 heavy (non-hydrogen) atoms. The van der Waals surface area contributed by atoms with Crippen LogP contribution in [-0.4, -0.2) is 26.0 Å². The summed E-state index contributed by atoms with van der Waals surface area (Å²) in [5.74, 6) is 1.13. The molecule has 1 aromatic carbocycles. The van der Waals surface area contributed by atoms with Crippen molar-refractivity contribution >= 4 is 11.8 Å². The van der Waals surface area contributed by atoms with Gasteiger partial charge in [-0.25, -0.2) is 0 Å². The van der Waals surface area contributed by atoms with Gasteiger partial charge in [0.1, 0.15) is 0 Å². The molecule has 1 atom stereocenters. The lowest BCUT2D eigenvalue weighted by atomic mass is 10.1. The first-order valence-corrected chi connectivity index (χ1v) is 6.71. The summed E-state index contributed by atoms with van der Waals surface area (Å²) in [4.78, 5) is 1.34. The van der Waals surface area contributed by atoms with E-state index in [2.05, 4.69) is 43.4 Å². The quantitative estimate of drug-likeness (QED) is 0.583. The van der Waals surface area contributed by atoms with E-state index in [-0.39, 0.29) is 0 Å². The maximum atomic E-state index is 5.01. The first-order chi connectivity index (χ1) is 7.77. The Balaban J connectivity index is 2.46. The van der Waals surface area contributed by atoms with Gasteiger partial charge in [0.05, 0.1) is 6.61 Å². The Morgan fingerprint density at radius 1 is 1.31 bits per heavy atom. The molecule has 1 aromatic rings. The number of hydrogen-bond acceptors (Lipinski definition) is 3. The number of nitrogens with one attached hydrogen (secondary N) is 1. The molecule has 0 aliphatic heterocycles. The van der Waals surface area contributed by atoms with E-state index in [0.29, 0.717) is 6.04 Å². The fourth-order valence-electron chi connectivity index (χ4n) is 1.51. The van der Waals surface area contributed by atoms with E-state index in [1.54, 1.807) is 7.11 Å². The first-order valence-electron chi connectivity index (χ1n) is 5.73. The van der Waals surface area contributed by atoms with Crippen LogP contribution in [0, 0.1) is 0 Å². The lowest BCUT2D eigenvalue weighted by molar-refractivity contribution is 0.196. The molecule has 0 heterocycles. The molecule has 1 rings (SSSR count). The van der Waals surface area contributed by atoms with Crippen molar-refractivity contribution in [1.82, 2.24) is 5.32 Å². The fraction of sp³-hybridized carbons (Fsp3) is 0.538. The minimum Gasteiger partial charge on any atom is -0.383 e. The van der Waals surface area contributed by atoms with Gasteiger partial charge in [0.15, 0.2) is 0 Å². The van der Waals surface area contributed by atoms with Crippen LogP contribution in [0.25, 0.3) is 0 Å². The summed E-state index contributed by atoms with van der Waals surface area (Å²) in [5.41, 5.74) is 1.33. The zero-order valence-corrected chi connectivity index (χ0v) is 11.1. The second kappa shape index (κ2) is 7.71. The highest BCUT2D eigenvalue weighted by molar-refractivity contribution is 7.99. The van der Waals surface area contributed by atoms with Gasteiger partial charge < -0.3 is 10.1 Å². The smallest absolute Gasteiger partial charge is 0.0587 e. The van der Waals surface area contributed by atoms with Gasteiger partial charge in [0, 0.05) is 24.6 Å². The van der Waals surface area contributed by atoms with Crippen LogP contribution in [0.2, 0.25) is 0 Å². The predicted molar refractivity (Wildman–Crippen MR) is 71.1 cm³/mol. The number of ether oxygens (including phenoxy) is 1. The number of methoxy groups -OCH3 is 1. The van der Waals surface area contributed by atoms with Gasteiger partial charge in [-0.3, -0.25) is 0 Å². The molecule has 0 fully saturated rings. The second-order valence-corrected chi connectivity index (χ2v) is 5.01. The highest BCUT2D eigenvalue weighted by Gasteiger charge is 2.03. The SMILES string of the molecule is CCSc1ccc(C(C)NCCOC)cc1. The van der Waals surface area contributed by atoms with Gasteiger partial charge in [0.25, 0.3) is 0 Å². The summed E-state index contributed by atoms with van der Waals surface area (Å²) in [6.07, 6.45) is 0. The molecule has 1 N–H and O–H groups in total. The molecule has 0 amide bonds. The molecule has 2 nitrogen and oxygen atoms in total. The standard InChI is InChI=1S/C13H21NOS/c1-4-16-13-7-5-12(6-8-13)11(2)14-9-10-15-3/h5-8,11,14H,4,9-10H2,1-3H3. The zero-order valence-electron chi connectivity index (χ0n) is 10.3. The minimum atomic E-state index is 0.385. The van der Waals surface area contributed by atoms with Crippen molar-refractivity contribution in [2.75, 3.05) is 26.0 Å². The topological polar surface area (TPSA) is 21.3 Å². The molecule has 0 aliphatic carbocycles. The van der Waals surface area contributed by atoms with Gasteiger partial charge >= 0.3 is 0 Å². The number of thioether (sulfide) groups is 1. The first kappa shape index (κ1) is 13.6. The Morgan fingerprint density at radius 2 is 2.00 bits per heavy atom. The van der Waals surface area contributed by atoms with Crippen LogP contribution >= 0.6 is 11.8 Å². The molecule has 90 valence electrons. The van der Waals surface area contributed by atoms with Crippen LogP contribution in [0.5, 0.6) is 0 Å². The minimum absolute atomic E-state index is 0.385. The molecule has 1 unspecified atom stereocenters. The summed E-state index contributed by atoms with van der Waals surface area (Å²) in [6.45, 7) is 6.00. The van der Waals surface area contributed by atoms with Crippen molar-refractivity contribution in [3.8, 4) is 0 Å². The third kappa shape index (κ3) is 4.56. The number of hydrogen-bond donors (Lipinski definition) is 1. The van der Waals surface area contributed by atoms with Crippen molar-refractivity contribution in [3.63, 3.8) is 0 Å². The average Bonchev–Trinajstić information content (AvgIpc) is 2.30. The summed E-state index contributed by atoms with van der Waals surface area (Å²) in [5, 5.41) is 3.42. The lowest BCUT2D eigenvalue weighted by Crippen LogP contribution is -2.22. The molecule has 0 aromatic heterocycles. The molecule has 0 radical (unpaired) electrons. The van der Waals surface area contributed by atoms with Crippen LogP contribution in [0.3, 0.4) is 0 Å². The molecule has 0 saturated heterocycles. The summed E-state index contributed by atoms with van der Waals surface area (Å²) in [7, 11) is 1.73. The summed E-state index contributed by atoms with van der Waals surface area (Å²) < 4.78 is 5.01. The Hall–Kier alpha value is -0.510. The molecule has 0 aliphatic rings. The monoisotopic (exact) mass is 239 g/mol. The Bertz CT molecular complexity index is 286. The molecular weight excluding hydrogens is 218 g/mol. The van der Waals surface area contributed by atoms with E-state index in [1.165, 1.54) is 10.5 Å². The van der Waals surface area contributed by atoms with Gasteiger partial charge in [-0.05, 0) is 30.4 Å². The van der Waals surface area contributed by atoms with Crippen molar-refractivity contribution in [2.45, 2.75) is 24.8 Å². The van der Waals surface area contributed by atoms with Crippen LogP contribution in [0.15, 0.2) is 29.2 Å². The molecular formula is C13H21NOS. The van der Waals surface area contributed by atoms with Crippen molar-refractivity contribution < 1.29 is 4.74 Å². The van der Waals surface area contributed by atoms with E-state index in [4.69, 9.17) is 4.74 Å². The van der Waals surface area contributed by atoms with Crippen molar-refractivity contribution in [3.05, 3.63) is 29.8 Å². The lowest BCUT2D eigenvalue weighted by Gasteiger charge is -2.14. The highest BCUT2D eigenvalue weighted by Crippen LogP contribution is 2.20. The van der Waals surface area contributed by atoms with Gasteiger partial charge in [-0.15, -0.1) is 11.8 Å². The van der Waals surface area contributed by atoms with Crippen LogP contribution in [-0.2, 0) is 4.74 Å². The van der Waals surface area contributed by atoms with Gasteiger partial charge in [-0.2, -0.15) is 0 Å². The number of benzene rings is 1. The van der Waals surface area contributed by atoms with E-state index in [9.17, 15) is 0 Å². The van der Waals surface area contributed by atoms with Gasteiger partial charge in [0.2, 0.25) is 0 Å². The van der Waals surface area contributed by atoms with E-state index in [0.717, 1.165) is 18.9 Å². The molecule has 0 bridgehead atoms. The van der Waals surface area contributed by atoms with E-state index < -0.39 is 0 Å². The highest BCUT2D eigenvalue weighted by atomic mass is 32.2. The summed E-state index contributed by atoms with van der Waals surface area (Å²) >= 11 is 1.88. The number of rotatable bonds is 7. The largest absolute Gasteiger partial charge is 0.383 e. The summed E-state index contributed by atoms with van der Waals surface area (Å²) in [6, 6.07) is 9.16. The molecule has 3 heteroatoms. The zero-order chi connectivity index (χ0) is 11.8. The van der Waals surface area contributed by atoms with Crippen molar-refractivity contribution in [2.24, 2.45) is 0 Å². The Morgan fingerprint density at radius 3 is 2.56 bits per heavy atom. The predicted octanol–water partition coefficient (Wildman–Crippen LogP) is 3.10. The normalized spacial score (nSPS) is 12.7. The third-order valence-electron chi connectivity index (χ3n) is 2.45. The van der Waals surface area contributed by atoms with E-state index >= 15 is 0 Å². The maximum absolute atomic E-state index is 5.01. The van der Waals surface area contributed by atoms with Crippen LogP contribution in [0.1, 0.15) is 25.5 Å². The van der Waals surface area contributed by atoms with Crippen molar-refractivity contribution in [1.29, 1.82) is 0 Å². The van der Waals surface area contributed by atoms with E-state index in [1.807, 2.05) is 11.8 Å². The molecule has 0 saturated carbocycles. The molecule has 0 spiro atoms. The average molecular weight is 239 g/mol. The van der Waals surface area contributed by atoms with Crippen LogP contribution < -0.4 is 5.32 Å². The fourth-order valence-corrected chi connectivity index (χ4v) is 2.18. The van der Waals surface area contributed by atoms with Crippen LogP contribution in [0.4, 0.5) is 0 Å². The Kier molecular flexibility index (Phi) is 6.53. The Labute approximate surface area is 103 Å². The van der Waals surface area contributed by atoms with Gasteiger partial charge in [-0.1, -0.05) is 19.1 Å². The maximum Gasteiger partial charge on any atom is 0.0587 e. The third-order valence-corrected chi connectivity index (χ3v) is 3.34. The second-order valence-electron chi connectivity index (χ2n) is 3.67.